The number of carbonyl (C=O) groups excluding carboxylic acids is 1. The molecule has 2 aliphatic carbocycles. The summed E-state index contributed by atoms with van der Waals surface area (Å²) in [6.45, 7) is 6.41. The number of urea groups is 1. The molecule has 138 valence electrons. The van der Waals surface area contributed by atoms with E-state index >= 15 is 0 Å². The molecule has 1 aliphatic heterocycles. The smallest absolute Gasteiger partial charge is 0.317 e. The van der Waals surface area contributed by atoms with E-state index in [1.807, 2.05) is 30.9 Å². The molecule has 25 heavy (non-hydrogen) atoms. The van der Waals surface area contributed by atoms with Crippen LogP contribution in [0, 0.1) is 12.3 Å². The van der Waals surface area contributed by atoms with Gasteiger partial charge in [0.25, 0.3) is 0 Å². The van der Waals surface area contributed by atoms with Crippen molar-refractivity contribution in [2.24, 2.45) is 5.41 Å². The molecule has 0 radical (unpaired) electrons. The average Bonchev–Trinajstić information content (AvgIpc) is 2.99. The molecule has 3 atom stereocenters. The summed E-state index contributed by atoms with van der Waals surface area (Å²) in [4.78, 5) is 14.6. The normalized spacial score (nSPS) is 30.6. The van der Waals surface area contributed by atoms with E-state index in [1.165, 1.54) is 19.3 Å². The van der Waals surface area contributed by atoms with E-state index in [4.69, 9.17) is 13.9 Å². The minimum absolute atomic E-state index is 0.0165. The number of aryl methyl sites for hydroxylation is 1. The lowest BCUT2D eigenvalue weighted by Crippen LogP contribution is -2.68. The first-order chi connectivity index (χ1) is 12.1. The van der Waals surface area contributed by atoms with Crippen molar-refractivity contribution in [1.82, 2.24) is 10.2 Å². The van der Waals surface area contributed by atoms with Crippen LogP contribution in [0.1, 0.15) is 50.2 Å². The maximum absolute atomic E-state index is 12.8. The lowest BCUT2D eigenvalue weighted by molar-refractivity contribution is -0.170. The molecule has 0 bridgehead atoms. The molecule has 0 aromatic carbocycles. The fraction of sp³-hybridized carbons (Fsp3) is 0.737. The van der Waals surface area contributed by atoms with Gasteiger partial charge in [0, 0.05) is 24.6 Å². The molecule has 0 unspecified atom stereocenters. The Hall–Kier alpha value is -1.53. The third kappa shape index (κ3) is 2.95. The van der Waals surface area contributed by atoms with Crippen LogP contribution in [0.4, 0.5) is 4.79 Å². The lowest BCUT2D eigenvalue weighted by Gasteiger charge is -2.61. The Labute approximate surface area is 148 Å². The van der Waals surface area contributed by atoms with Crippen LogP contribution in [0.15, 0.2) is 16.5 Å². The minimum Gasteiger partial charge on any atom is -0.464 e. The third-order valence-electron chi connectivity index (χ3n) is 6.17. The summed E-state index contributed by atoms with van der Waals surface area (Å²) in [6.07, 6.45) is 4.65. The Kier molecular flexibility index (Phi) is 4.50. The summed E-state index contributed by atoms with van der Waals surface area (Å²) in [5, 5.41) is 3.27. The summed E-state index contributed by atoms with van der Waals surface area (Å²) in [6, 6.07) is 4.13. The van der Waals surface area contributed by atoms with Crippen molar-refractivity contribution >= 4 is 6.03 Å². The molecular formula is C19H28N2O4. The van der Waals surface area contributed by atoms with Gasteiger partial charge in [-0.1, -0.05) is 6.42 Å². The van der Waals surface area contributed by atoms with Crippen LogP contribution in [-0.4, -0.2) is 49.4 Å². The number of amides is 2. The van der Waals surface area contributed by atoms with E-state index in [9.17, 15) is 4.79 Å². The largest absolute Gasteiger partial charge is 0.464 e. The van der Waals surface area contributed by atoms with Crippen molar-refractivity contribution in [3.8, 4) is 0 Å². The molecule has 1 N–H and O–H groups in total. The van der Waals surface area contributed by atoms with Crippen LogP contribution >= 0.6 is 0 Å². The van der Waals surface area contributed by atoms with Crippen molar-refractivity contribution in [1.29, 1.82) is 0 Å². The summed E-state index contributed by atoms with van der Waals surface area (Å²) in [7, 11) is 0. The van der Waals surface area contributed by atoms with Gasteiger partial charge in [-0.3, -0.25) is 0 Å². The zero-order valence-corrected chi connectivity index (χ0v) is 15.1. The molecule has 2 amide bonds. The van der Waals surface area contributed by atoms with Crippen LogP contribution in [0.3, 0.4) is 0 Å². The number of nitrogens with one attached hydrogen (secondary N) is 1. The van der Waals surface area contributed by atoms with E-state index in [2.05, 4.69) is 5.32 Å². The minimum atomic E-state index is -0.177. The zero-order valence-electron chi connectivity index (χ0n) is 15.1. The fourth-order valence-corrected chi connectivity index (χ4v) is 4.51. The lowest BCUT2D eigenvalue weighted by atomic mass is 9.51. The van der Waals surface area contributed by atoms with Crippen LogP contribution in [0.5, 0.6) is 0 Å². The molecule has 3 fully saturated rings. The van der Waals surface area contributed by atoms with E-state index in [0.29, 0.717) is 25.8 Å². The first-order valence-electron chi connectivity index (χ1n) is 9.47. The highest BCUT2D eigenvalue weighted by Crippen LogP contribution is 2.57. The van der Waals surface area contributed by atoms with Crippen molar-refractivity contribution in [2.45, 2.75) is 57.8 Å². The van der Waals surface area contributed by atoms with Gasteiger partial charge in [-0.25, -0.2) is 4.79 Å². The first-order valence-corrected chi connectivity index (χ1v) is 9.47. The van der Waals surface area contributed by atoms with Crippen LogP contribution in [0.2, 0.25) is 0 Å². The highest BCUT2D eigenvalue weighted by molar-refractivity contribution is 5.75. The maximum Gasteiger partial charge on any atom is 0.317 e. The summed E-state index contributed by atoms with van der Waals surface area (Å²) in [5.41, 5.74) is 0.190. The van der Waals surface area contributed by atoms with E-state index in [1.54, 1.807) is 0 Å². The fourth-order valence-electron chi connectivity index (χ4n) is 4.51. The van der Waals surface area contributed by atoms with Gasteiger partial charge in [-0.05, 0) is 45.2 Å². The van der Waals surface area contributed by atoms with E-state index in [-0.39, 0.29) is 23.6 Å². The summed E-state index contributed by atoms with van der Waals surface area (Å²) < 4.78 is 17.3. The van der Waals surface area contributed by atoms with Crippen molar-refractivity contribution in [2.75, 3.05) is 26.3 Å². The zero-order chi connectivity index (χ0) is 17.4. The molecule has 4 rings (SSSR count). The Bertz CT molecular complexity index is 625. The molecule has 2 saturated carbocycles. The number of carbonyl (C=O) groups is 1. The molecule has 1 aromatic heterocycles. The monoisotopic (exact) mass is 348 g/mol. The second-order valence-corrected chi connectivity index (χ2v) is 7.52. The van der Waals surface area contributed by atoms with Gasteiger partial charge >= 0.3 is 6.03 Å². The number of furan rings is 1. The number of morpholine rings is 1. The van der Waals surface area contributed by atoms with Crippen LogP contribution in [0.25, 0.3) is 0 Å². The highest BCUT2D eigenvalue weighted by Gasteiger charge is 2.59. The van der Waals surface area contributed by atoms with E-state index < -0.39 is 0 Å². The number of hydrogen-bond acceptors (Lipinski definition) is 4. The Morgan fingerprint density at radius 2 is 2.28 bits per heavy atom. The molecule has 1 spiro atoms. The predicted molar refractivity (Wildman–Crippen MR) is 92.3 cm³/mol. The summed E-state index contributed by atoms with van der Waals surface area (Å²) >= 11 is 0. The average molecular weight is 348 g/mol. The Morgan fingerprint density at radius 1 is 1.44 bits per heavy atom. The van der Waals surface area contributed by atoms with E-state index in [0.717, 1.165) is 24.5 Å². The molecule has 6 nitrogen and oxygen atoms in total. The maximum atomic E-state index is 12.8. The van der Waals surface area contributed by atoms with Crippen LogP contribution < -0.4 is 5.32 Å². The van der Waals surface area contributed by atoms with Gasteiger partial charge in [-0.2, -0.15) is 0 Å². The van der Waals surface area contributed by atoms with Gasteiger partial charge in [0.1, 0.15) is 17.6 Å². The SMILES string of the molecule is CCO[C@@H]1C[C@H](NC(=O)N2CCO[C@@H](c3ccc(C)o3)C2)C12CCC2. The predicted octanol–water partition coefficient (Wildman–Crippen LogP) is 3.02. The molecule has 1 saturated heterocycles. The van der Waals surface area contributed by atoms with Gasteiger partial charge in [0.2, 0.25) is 0 Å². The number of hydrogen-bond donors (Lipinski definition) is 1. The number of ether oxygens (including phenoxy) is 2. The Morgan fingerprint density at radius 3 is 2.92 bits per heavy atom. The van der Waals surface area contributed by atoms with Gasteiger partial charge in [-0.15, -0.1) is 0 Å². The van der Waals surface area contributed by atoms with Crippen molar-refractivity contribution < 1.29 is 18.7 Å². The van der Waals surface area contributed by atoms with Gasteiger partial charge in [0.05, 0.1) is 19.3 Å². The highest BCUT2D eigenvalue weighted by atomic mass is 16.5. The van der Waals surface area contributed by atoms with Crippen molar-refractivity contribution in [3.05, 3.63) is 23.7 Å². The Balaban J connectivity index is 1.35. The topological polar surface area (TPSA) is 63.9 Å². The molecular weight excluding hydrogens is 320 g/mol. The standard InChI is InChI=1S/C19H28N2O4/c1-3-23-17-11-16(19(17)7-4-8-19)20-18(22)21-9-10-24-15(12-21)14-6-5-13(2)25-14/h5-6,15-17H,3-4,7-12H2,1-2H3,(H,20,22)/t15-,16+,17-/m1/s1. The van der Waals surface area contributed by atoms with Gasteiger partial charge in [0.15, 0.2) is 0 Å². The second kappa shape index (κ2) is 6.65. The molecule has 6 heteroatoms. The molecule has 3 aliphatic rings. The van der Waals surface area contributed by atoms with Crippen LogP contribution in [-0.2, 0) is 9.47 Å². The first kappa shape index (κ1) is 16.9. The number of nitrogens with zero attached hydrogens (tertiary/aromatic N) is 1. The quantitative estimate of drug-likeness (QED) is 0.908. The second-order valence-electron chi connectivity index (χ2n) is 7.52. The number of rotatable bonds is 4. The molecule has 2 heterocycles. The summed E-state index contributed by atoms with van der Waals surface area (Å²) in [5.74, 6) is 1.66. The van der Waals surface area contributed by atoms with Crippen molar-refractivity contribution in [3.63, 3.8) is 0 Å². The molecule has 1 aromatic rings. The van der Waals surface area contributed by atoms with Gasteiger partial charge < -0.3 is 24.1 Å². The third-order valence-corrected chi connectivity index (χ3v) is 6.17.